The number of aliphatic hydroxyl groups is 1. The van der Waals surface area contributed by atoms with E-state index in [0.717, 1.165) is 21.4 Å². The van der Waals surface area contributed by atoms with Gasteiger partial charge >= 0.3 is 0 Å². The molecule has 1 aromatic carbocycles. The highest BCUT2D eigenvalue weighted by Crippen LogP contribution is 2.25. The summed E-state index contributed by atoms with van der Waals surface area (Å²) in [6.07, 6.45) is 1.74. The van der Waals surface area contributed by atoms with Crippen molar-refractivity contribution in [2.75, 3.05) is 17.2 Å². The van der Waals surface area contributed by atoms with Crippen molar-refractivity contribution in [3.63, 3.8) is 0 Å². The van der Waals surface area contributed by atoms with Gasteiger partial charge in [-0.25, -0.2) is 4.98 Å². The van der Waals surface area contributed by atoms with Gasteiger partial charge in [-0.2, -0.15) is 4.98 Å². The maximum absolute atomic E-state index is 9.65. The molecule has 3 N–H and O–H groups in total. The quantitative estimate of drug-likeness (QED) is 0.489. The van der Waals surface area contributed by atoms with Gasteiger partial charge < -0.3 is 15.7 Å². The van der Waals surface area contributed by atoms with Gasteiger partial charge in [-0.1, -0.05) is 35.8 Å². The molecule has 0 saturated carbocycles. The van der Waals surface area contributed by atoms with Crippen LogP contribution in [-0.4, -0.2) is 32.7 Å². The first kappa shape index (κ1) is 20.2. The fourth-order valence-corrected chi connectivity index (χ4v) is 2.93. The molecular weight excluding hydrogens is 418 g/mol. The first-order valence-corrected chi connectivity index (χ1v) is 9.96. The van der Waals surface area contributed by atoms with Gasteiger partial charge in [-0.3, -0.25) is 4.98 Å². The van der Waals surface area contributed by atoms with Crippen LogP contribution in [0.1, 0.15) is 19.4 Å². The number of aromatic nitrogens is 3. The molecule has 0 fully saturated rings. The second-order valence-corrected chi connectivity index (χ2v) is 7.80. The van der Waals surface area contributed by atoms with Crippen molar-refractivity contribution in [3.05, 3.63) is 58.7 Å². The molecule has 1 atom stereocenters. The minimum absolute atomic E-state index is 0.00348. The van der Waals surface area contributed by atoms with Crippen molar-refractivity contribution in [2.24, 2.45) is 5.92 Å². The summed E-state index contributed by atoms with van der Waals surface area (Å²) >= 11 is 3.52. The standard InChI is InChI=1S/C21H24BrN5O/c1-13(2)19(12-28)26-21-25-18(17-6-4-5-9-23-17)11-20(27-21)24-15-7-8-16(22)14(3)10-15/h4-11,13,19,28H,12H2,1-3H3,(H2,24,25,26,27)/t19-/m1/s1. The number of nitrogens with zero attached hydrogens (tertiary/aromatic N) is 3. The van der Waals surface area contributed by atoms with Crippen LogP contribution in [0.25, 0.3) is 11.4 Å². The molecule has 0 spiro atoms. The number of pyridine rings is 1. The molecule has 0 radical (unpaired) electrons. The number of hydrogen-bond acceptors (Lipinski definition) is 6. The number of benzene rings is 1. The van der Waals surface area contributed by atoms with E-state index < -0.39 is 0 Å². The third-order valence-corrected chi connectivity index (χ3v) is 5.29. The van der Waals surface area contributed by atoms with Gasteiger partial charge in [-0.15, -0.1) is 0 Å². The molecule has 6 nitrogen and oxygen atoms in total. The Balaban J connectivity index is 1.97. The Labute approximate surface area is 173 Å². The molecular formula is C21H24BrN5O. The lowest BCUT2D eigenvalue weighted by atomic mass is 10.1. The zero-order valence-electron chi connectivity index (χ0n) is 16.1. The van der Waals surface area contributed by atoms with Crippen LogP contribution in [0.2, 0.25) is 0 Å². The van der Waals surface area contributed by atoms with E-state index in [9.17, 15) is 5.11 Å². The molecule has 0 aliphatic rings. The van der Waals surface area contributed by atoms with Crippen molar-refractivity contribution >= 4 is 33.4 Å². The second kappa shape index (κ2) is 9.12. The van der Waals surface area contributed by atoms with Gasteiger partial charge in [0.2, 0.25) is 5.95 Å². The average Bonchev–Trinajstić information content (AvgIpc) is 2.69. The van der Waals surface area contributed by atoms with E-state index >= 15 is 0 Å². The van der Waals surface area contributed by atoms with E-state index in [4.69, 9.17) is 0 Å². The first-order chi connectivity index (χ1) is 13.5. The summed E-state index contributed by atoms with van der Waals surface area (Å²) in [7, 11) is 0. The van der Waals surface area contributed by atoms with Gasteiger partial charge in [0.15, 0.2) is 0 Å². The van der Waals surface area contributed by atoms with Gasteiger partial charge in [0, 0.05) is 22.4 Å². The summed E-state index contributed by atoms with van der Waals surface area (Å²) in [6, 6.07) is 13.5. The highest BCUT2D eigenvalue weighted by atomic mass is 79.9. The van der Waals surface area contributed by atoms with Crippen LogP contribution in [0.3, 0.4) is 0 Å². The molecule has 0 aliphatic heterocycles. The number of nitrogens with one attached hydrogen (secondary N) is 2. The highest BCUT2D eigenvalue weighted by Gasteiger charge is 2.15. The summed E-state index contributed by atoms with van der Waals surface area (Å²) in [4.78, 5) is 13.6. The number of hydrogen-bond donors (Lipinski definition) is 3. The number of aryl methyl sites for hydroxylation is 1. The summed E-state index contributed by atoms with van der Waals surface area (Å²) in [5.41, 5.74) is 3.52. The summed E-state index contributed by atoms with van der Waals surface area (Å²) in [6.45, 7) is 6.13. The molecule has 0 bridgehead atoms. The number of anilines is 3. The van der Waals surface area contributed by atoms with Gasteiger partial charge in [0.25, 0.3) is 0 Å². The Hall–Kier alpha value is -2.51. The summed E-state index contributed by atoms with van der Waals surface area (Å²) in [5, 5.41) is 16.2. The van der Waals surface area contributed by atoms with Crippen molar-refractivity contribution in [2.45, 2.75) is 26.8 Å². The maximum Gasteiger partial charge on any atom is 0.225 e. The topological polar surface area (TPSA) is 83.0 Å². The molecule has 2 aromatic heterocycles. The van der Waals surface area contributed by atoms with Gasteiger partial charge in [-0.05, 0) is 48.7 Å². The molecule has 3 aromatic rings. The highest BCUT2D eigenvalue weighted by molar-refractivity contribution is 9.10. The average molecular weight is 442 g/mol. The van der Waals surface area contributed by atoms with Crippen molar-refractivity contribution in [1.29, 1.82) is 0 Å². The van der Waals surface area contributed by atoms with Crippen molar-refractivity contribution in [3.8, 4) is 11.4 Å². The molecule has 0 amide bonds. The van der Waals surface area contributed by atoms with E-state index in [-0.39, 0.29) is 18.6 Å². The summed E-state index contributed by atoms with van der Waals surface area (Å²) in [5.74, 6) is 1.34. The van der Waals surface area contributed by atoms with E-state index in [0.29, 0.717) is 17.5 Å². The van der Waals surface area contributed by atoms with Crippen LogP contribution >= 0.6 is 15.9 Å². The van der Waals surface area contributed by atoms with E-state index in [2.05, 4.69) is 41.5 Å². The molecule has 0 saturated heterocycles. The van der Waals surface area contributed by atoms with Crippen LogP contribution < -0.4 is 10.6 Å². The normalized spacial score (nSPS) is 12.1. The lowest BCUT2D eigenvalue weighted by molar-refractivity contribution is 0.248. The van der Waals surface area contributed by atoms with Crippen molar-refractivity contribution in [1.82, 2.24) is 15.0 Å². The molecule has 7 heteroatoms. The van der Waals surface area contributed by atoms with Crippen LogP contribution in [0.5, 0.6) is 0 Å². The molecule has 146 valence electrons. The molecule has 0 aliphatic carbocycles. The van der Waals surface area contributed by atoms with E-state index in [1.807, 2.05) is 63.2 Å². The first-order valence-electron chi connectivity index (χ1n) is 9.17. The van der Waals surface area contributed by atoms with Crippen LogP contribution in [0.15, 0.2) is 53.1 Å². The van der Waals surface area contributed by atoms with Crippen LogP contribution in [0, 0.1) is 12.8 Å². The zero-order chi connectivity index (χ0) is 20.1. The lowest BCUT2D eigenvalue weighted by Crippen LogP contribution is -2.30. The van der Waals surface area contributed by atoms with Crippen molar-refractivity contribution < 1.29 is 5.11 Å². The zero-order valence-corrected chi connectivity index (χ0v) is 17.7. The minimum Gasteiger partial charge on any atom is -0.394 e. The Kier molecular flexibility index (Phi) is 6.59. The Morgan fingerprint density at radius 1 is 1.07 bits per heavy atom. The molecule has 2 heterocycles. The van der Waals surface area contributed by atoms with Gasteiger partial charge in [0.05, 0.1) is 24.0 Å². The third-order valence-electron chi connectivity index (χ3n) is 4.40. The Morgan fingerprint density at radius 3 is 2.54 bits per heavy atom. The second-order valence-electron chi connectivity index (χ2n) is 6.94. The SMILES string of the molecule is Cc1cc(Nc2cc(-c3ccccn3)nc(N[C@H](CO)C(C)C)n2)ccc1Br. The Morgan fingerprint density at radius 2 is 1.89 bits per heavy atom. The molecule has 28 heavy (non-hydrogen) atoms. The number of rotatable bonds is 7. The van der Waals surface area contributed by atoms with Crippen LogP contribution in [0.4, 0.5) is 17.5 Å². The predicted octanol–water partition coefficient (Wildman–Crippen LogP) is 4.78. The van der Waals surface area contributed by atoms with E-state index in [1.54, 1.807) is 6.20 Å². The number of halogens is 1. The maximum atomic E-state index is 9.65. The Bertz CT molecular complexity index is 933. The summed E-state index contributed by atoms with van der Waals surface area (Å²) < 4.78 is 1.06. The smallest absolute Gasteiger partial charge is 0.225 e. The van der Waals surface area contributed by atoms with Crippen LogP contribution in [-0.2, 0) is 0 Å². The minimum atomic E-state index is -0.137. The monoisotopic (exact) mass is 441 g/mol. The molecule has 0 unspecified atom stereocenters. The fraction of sp³-hybridized carbons (Fsp3) is 0.286. The molecule has 3 rings (SSSR count). The largest absolute Gasteiger partial charge is 0.394 e. The number of aliphatic hydroxyl groups excluding tert-OH is 1. The lowest BCUT2D eigenvalue weighted by Gasteiger charge is -2.20. The van der Waals surface area contributed by atoms with E-state index in [1.165, 1.54) is 0 Å². The third kappa shape index (κ3) is 5.05. The predicted molar refractivity (Wildman–Crippen MR) is 117 cm³/mol. The van der Waals surface area contributed by atoms with Gasteiger partial charge in [0.1, 0.15) is 5.82 Å². The fourth-order valence-electron chi connectivity index (χ4n) is 2.68.